The van der Waals surface area contributed by atoms with Crippen LogP contribution in [-0.2, 0) is 0 Å². The van der Waals surface area contributed by atoms with E-state index in [-0.39, 0.29) is 11.9 Å². The Labute approximate surface area is 185 Å². The van der Waals surface area contributed by atoms with Gasteiger partial charge in [0.2, 0.25) is 0 Å². The zero-order valence-electron chi connectivity index (χ0n) is 18.1. The highest BCUT2D eigenvalue weighted by Crippen LogP contribution is 2.35. The quantitative estimate of drug-likeness (QED) is 0.517. The van der Waals surface area contributed by atoms with Gasteiger partial charge in [-0.1, -0.05) is 6.07 Å². The Bertz CT molecular complexity index is 1330. The molecule has 0 spiro atoms. The molecular weight excluding hydrogens is 406 g/mol. The van der Waals surface area contributed by atoms with Crippen molar-refractivity contribution in [3.05, 3.63) is 59.9 Å². The van der Waals surface area contributed by atoms with Gasteiger partial charge in [-0.25, -0.2) is 14.6 Å². The predicted octanol–water partition coefficient (Wildman–Crippen LogP) is 4.41. The molecule has 5 rings (SSSR count). The van der Waals surface area contributed by atoms with E-state index in [0.717, 1.165) is 11.3 Å². The fraction of sp³-hybridized carbons (Fsp3) is 0.250. The van der Waals surface area contributed by atoms with Crippen molar-refractivity contribution in [3.63, 3.8) is 0 Å². The Morgan fingerprint density at radius 3 is 2.66 bits per heavy atom. The summed E-state index contributed by atoms with van der Waals surface area (Å²) in [6.07, 6.45) is 1.69. The van der Waals surface area contributed by atoms with Gasteiger partial charge in [-0.15, -0.1) is 0 Å². The van der Waals surface area contributed by atoms with Gasteiger partial charge in [-0.2, -0.15) is 5.10 Å². The van der Waals surface area contributed by atoms with Crippen LogP contribution in [0.4, 0.5) is 5.82 Å². The highest BCUT2D eigenvalue weighted by Gasteiger charge is 2.20. The third-order valence-electron chi connectivity index (χ3n) is 5.27. The van der Waals surface area contributed by atoms with E-state index in [1.807, 2.05) is 55.8 Å². The van der Waals surface area contributed by atoms with Gasteiger partial charge < -0.3 is 14.8 Å². The number of fused-ring (bicyclic) bond motifs is 2. The summed E-state index contributed by atoms with van der Waals surface area (Å²) in [5.74, 6) is 1.61. The first-order valence-corrected chi connectivity index (χ1v) is 10.5. The van der Waals surface area contributed by atoms with Crippen molar-refractivity contribution in [1.82, 2.24) is 19.7 Å². The minimum Gasteiger partial charge on any atom is -0.486 e. The predicted molar refractivity (Wildman–Crippen MR) is 121 cm³/mol. The maximum atomic E-state index is 13.3. The smallest absolute Gasteiger partial charge is 0.257 e. The Balaban J connectivity index is 1.63. The average molecular weight is 429 g/mol. The van der Waals surface area contributed by atoms with Crippen molar-refractivity contribution in [2.24, 2.45) is 0 Å². The number of carbonyl (C=O) groups is 1. The summed E-state index contributed by atoms with van der Waals surface area (Å²) in [6.45, 7) is 6.97. The summed E-state index contributed by atoms with van der Waals surface area (Å²) in [5.41, 5.74) is 3.44. The van der Waals surface area contributed by atoms with E-state index in [1.54, 1.807) is 18.3 Å². The fourth-order valence-corrected chi connectivity index (χ4v) is 3.73. The number of rotatable bonds is 4. The van der Waals surface area contributed by atoms with E-state index in [0.29, 0.717) is 52.8 Å². The topological polar surface area (TPSA) is 91.2 Å². The number of amides is 1. The number of nitrogens with one attached hydrogen (secondary N) is 1. The van der Waals surface area contributed by atoms with Crippen molar-refractivity contribution in [1.29, 1.82) is 0 Å². The van der Waals surface area contributed by atoms with E-state index >= 15 is 0 Å². The van der Waals surface area contributed by atoms with Gasteiger partial charge >= 0.3 is 0 Å². The molecule has 0 fully saturated rings. The molecule has 3 aromatic heterocycles. The maximum Gasteiger partial charge on any atom is 0.257 e. The molecule has 0 saturated carbocycles. The molecular formula is C24H23N5O3. The summed E-state index contributed by atoms with van der Waals surface area (Å²) in [5, 5.41) is 8.06. The first-order chi connectivity index (χ1) is 15.5. The molecule has 4 heterocycles. The fourth-order valence-electron chi connectivity index (χ4n) is 3.73. The second-order valence-electron chi connectivity index (χ2n) is 7.95. The first-order valence-electron chi connectivity index (χ1n) is 10.5. The molecule has 162 valence electrons. The molecule has 8 nitrogen and oxygen atoms in total. The number of aryl methyl sites for hydroxylation is 1. The van der Waals surface area contributed by atoms with Crippen molar-refractivity contribution in [2.45, 2.75) is 26.8 Å². The number of pyridine rings is 2. The van der Waals surface area contributed by atoms with Crippen LogP contribution in [0.2, 0.25) is 0 Å². The minimum absolute atomic E-state index is 0.0878. The molecule has 0 aliphatic carbocycles. The van der Waals surface area contributed by atoms with Crippen LogP contribution in [0.15, 0.2) is 48.7 Å². The number of hydrogen-bond donors (Lipinski definition) is 1. The number of nitrogens with zero attached hydrogens (tertiary/aromatic N) is 4. The molecule has 1 aromatic carbocycles. The largest absolute Gasteiger partial charge is 0.486 e. The number of benzene rings is 1. The summed E-state index contributed by atoms with van der Waals surface area (Å²) in [4.78, 5) is 22.5. The molecule has 0 saturated heterocycles. The van der Waals surface area contributed by atoms with Crippen LogP contribution in [0.1, 0.15) is 35.9 Å². The van der Waals surface area contributed by atoms with E-state index < -0.39 is 0 Å². The Morgan fingerprint density at radius 1 is 1.06 bits per heavy atom. The first kappa shape index (κ1) is 20.0. The second kappa shape index (κ2) is 7.96. The van der Waals surface area contributed by atoms with Crippen molar-refractivity contribution in [3.8, 4) is 22.8 Å². The van der Waals surface area contributed by atoms with E-state index in [9.17, 15) is 4.79 Å². The zero-order valence-corrected chi connectivity index (χ0v) is 18.1. The molecule has 1 amide bonds. The van der Waals surface area contributed by atoms with Crippen molar-refractivity contribution < 1.29 is 14.3 Å². The highest BCUT2D eigenvalue weighted by molar-refractivity contribution is 6.12. The van der Waals surface area contributed by atoms with Gasteiger partial charge in [0.15, 0.2) is 17.1 Å². The highest BCUT2D eigenvalue weighted by atomic mass is 16.6. The lowest BCUT2D eigenvalue weighted by Gasteiger charge is -2.19. The van der Waals surface area contributed by atoms with Crippen LogP contribution >= 0.6 is 0 Å². The van der Waals surface area contributed by atoms with E-state index in [2.05, 4.69) is 15.4 Å². The van der Waals surface area contributed by atoms with E-state index in [4.69, 9.17) is 14.5 Å². The summed E-state index contributed by atoms with van der Waals surface area (Å²) in [6, 6.07) is 13.1. The monoisotopic (exact) mass is 429 g/mol. The van der Waals surface area contributed by atoms with Gasteiger partial charge in [0.1, 0.15) is 19.0 Å². The summed E-state index contributed by atoms with van der Waals surface area (Å²) in [7, 11) is 0. The van der Waals surface area contributed by atoms with Crippen LogP contribution in [0.5, 0.6) is 11.5 Å². The molecule has 1 aliphatic rings. The molecule has 0 unspecified atom stereocenters. The lowest BCUT2D eigenvalue weighted by molar-refractivity contribution is 0.102. The normalized spacial score (nSPS) is 12.9. The summed E-state index contributed by atoms with van der Waals surface area (Å²) < 4.78 is 13.2. The SMILES string of the molecule is Cc1cccc(NC(=O)c2cc(-c3ccc4c(c3)OCCO4)nc3c2cnn3C(C)C)n1. The van der Waals surface area contributed by atoms with Crippen LogP contribution in [0.3, 0.4) is 0 Å². The number of carbonyl (C=O) groups excluding carboxylic acids is 1. The van der Waals surface area contributed by atoms with Gasteiger partial charge in [-0.05, 0) is 57.2 Å². The van der Waals surface area contributed by atoms with Gasteiger partial charge in [0, 0.05) is 17.3 Å². The van der Waals surface area contributed by atoms with Crippen LogP contribution in [0, 0.1) is 6.92 Å². The van der Waals surface area contributed by atoms with Gasteiger partial charge in [0.05, 0.1) is 22.8 Å². The van der Waals surface area contributed by atoms with Crippen molar-refractivity contribution >= 4 is 22.8 Å². The minimum atomic E-state index is -0.266. The van der Waals surface area contributed by atoms with Crippen LogP contribution in [0.25, 0.3) is 22.3 Å². The Kier molecular flexibility index (Phi) is 4.97. The second-order valence-corrected chi connectivity index (χ2v) is 7.95. The van der Waals surface area contributed by atoms with Crippen LogP contribution in [-0.4, -0.2) is 38.9 Å². The molecule has 4 aromatic rings. The van der Waals surface area contributed by atoms with Crippen molar-refractivity contribution in [2.75, 3.05) is 18.5 Å². The van der Waals surface area contributed by atoms with Gasteiger partial charge in [-0.3, -0.25) is 4.79 Å². The Morgan fingerprint density at radius 2 is 1.88 bits per heavy atom. The molecule has 0 bridgehead atoms. The third kappa shape index (κ3) is 3.64. The third-order valence-corrected chi connectivity index (χ3v) is 5.27. The molecule has 0 atom stereocenters. The number of anilines is 1. The Hall–Kier alpha value is -3.94. The molecule has 0 radical (unpaired) electrons. The van der Waals surface area contributed by atoms with Crippen LogP contribution < -0.4 is 14.8 Å². The maximum absolute atomic E-state index is 13.3. The standard InChI is InChI=1S/C24H23N5O3/c1-14(2)29-23-18(13-25-29)17(24(30)28-22-6-4-5-15(3)26-22)12-19(27-23)16-7-8-20-21(11-16)32-10-9-31-20/h4-8,11-14H,9-10H2,1-3H3,(H,26,28,30). The molecule has 8 heteroatoms. The lowest BCUT2D eigenvalue weighted by Crippen LogP contribution is -2.15. The lowest BCUT2D eigenvalue weighted by atomic mass is 10.1. The average Bonchev–Trinajstić information content (AvgIpc) is 3.22. The van der Waals surface area contributed by atoms with E-state index in [1.165, 1.54) is 0 Å². The molecule has 1 aliphatic heterocycles. The molecule has 1 N–H and O–H groups in total. The number of hydrogen-bond acceptors (Lipinski definition) is 6. The van der Waals surface area contributed by atoms with Gasteiger partial charge in [0.25, 0.3) is 5.91 Å². The molecule has 32 heavy (non-hydrogen) atoms. The zero-order chi connectivity index (χ0) is 22.2. The number of aromatic nitrogens is 4. The number of ether oxygens (including phenoxy) is 2. The summed E-state index contributed by atoms with van der Waals surface area (Å²) >= 11 is 0.